The zero-order valence-corrected chi connectivity index (χ0v) is 8.83. The van der Waals surface area contributed by atoms with Crippen LogP contribution in [0.5, 0.6) is 0 Å². The molecule has 1 nitrogen and oxygen atoms in total. The van der Waals surface area contributed by atoms with Gasteiger partial charge < -0.3 is 0 Å². The van der Waals surface area contributed by atoms with E-state index in [1.54, 1.807) is 6.20 Å². The second-order valence-corrected chi connectivity index (χ2v) is 3.66. The minimum Gasteiger partial charge on any atom is -0.264 e. The van der Waals surface area contributed by atoms with Crippen LogP contribution in [0, 0.1) is 6.92 Å². The van der Waals surface area contributed by atoms with Gasteiger partial charge in [0.25, 0.3) is 0 Å². The van der Waals surface area contributed by atoms with Crippen LogP contribution in [0.1, 0.15) is 5.56 Å². The van der Waals surface area contributed by atoms with E-state index in [4.69, 9.17) is 0 Å². The van der Waals surface area contributed by atoms with Crippen LogP contribution in [-0.4, -0.2) is 4.98 Å². The molecular weight excluding hydrogens is 190 g/mol. The van der Waals surface area contributed by atoms with E-state index in [9.17, 15) is 0 Å². The molecule has 1 heterocycles. The molecule has 70 valence electrons. The van der Waals surface area contributed by atoms with E-state index < -0.39 is 0 Å². The van der Waals surface area contributed by atoms with Gasteiger partial charge in [-0.25, -0.2) is 0 Å². The van der Waals surface area contributed by atoms with Gasteiger partial charge in [0.15, 0.2) is 0 Å². The largest absolute Gasteiger partial charge is 0.264 e. The molecule has 0 atom stereocenters. The van der Waals surface area contributed by atoms with Gasteiger partial charge in [-0.15, -0.1) is 12.6 Å². The molecule has 2 aromatic rings. The van der Waals surface area contributed by atoms with Crippen molar-refractivity contribution in [3.8, 4) is 11.1 Å². The van der Waals surface area contributed by atoms with Crippen molar-refractivity contribution < 1.29 is 0 Å². The molecule has 1 aromatic carbocycles. The summed E-state index contributed by atoms with van der Waals surface area (Å²) >= 11 is 4.49. The third-order valence-corrected chi connectivity index (χ3v) is 2.80. The minimum absolute atomic E-state index is 1.03. The lowest BCUT2D eigenvalue weighted by Crippen LogP contribution is -1.84. The Balaban J connectivity index is 2.58. The van der Waals surface area contributed by atoms with E-state index >= 15 is 0 Å². The molecule has 0 bridgehead atoms. The first-order chi connectivity index (χ1) is 6.79. The molecular formula is C12H11NS. The van der Waals surface area contributed by atoms with Crippen molar-refractivity contribution in [2.24, 2.45) is 0 Å². The predicted octanol–water partition coefficient (Wildman–Crippen LogP) is 3.35. The van der Waals surface area contributed by atoms with Gasteiger partial charge in [-0.05, 0) is 24.1 Å². The molecule has 0 amide bonds. The first-order valence-electron chi connectivity index (χ1n) is 4.48. The molecule has 2 rings (SSSR count). The first-order valence-corrected chi connectivity index (χ1v) is 4.93. The Labute approximate surface area is 89.2 Å². The van der Waals surface area contributed by atoms with Crippen molar-refractivity contribution >= 4 is 12.6 Å². The molecule has 0 saturated heterocycles. The molecule has 0 unspecified atom stereocenters. The molecule has 0 aliphatic rings. The Hall–Kier alpha value is -1.28. The smallest absolute Gasteiger partial charge is 0.0346 e. The van der Waals surface area contributed by atoms with Gasteiger partial charge >= 0.3 is 0 Å². The highest BCUT2D eigenvalue weighted by Crippen LogP contribution is 2.27. The van der Waals surface area contributed by atoms with E-state index in [2.05, 4.69) is 36.7 Å². The molecule has 14 heavy (non-hydrogen) atoms. The zero-order chi connectivity index (χ0) is 9.97. The number of thiol groups is 1. The molecule has 0 fully saturated rings. The summed E-state index contributed by atoms with van der Waals surface area (Å²) in [6.45, 7) is 2.06. The summed E-state index contributed by atoms with van der Waals surface area (Å²) in [5, 5.41) is 0. The lowest BCUT2D eigenvalue weighted by atomic mass is 10.1. The second kappa shape index (κ2) is 3.84. The third-order valence-electron chi connectivity index (χ3n) is 2.21. The van der Waals surface area contributed by atoms with Gasteiger partial charge in [0.1, 0.15) is 0 Å². The van der Waals surface area contributed by atoms with Crippen molar-refractivity contribution in [2.75, 3.05) is 0 Å². The Morgan fingerprint density at radius 1 is 1.14 bits per heavy atom. The first kappa shape index (κ1) is 9.28. The van der Waals surface area contributed by atoms with E-state index in [0.717, 1.165) is 16.0 Å². The Morgan fingerprint density at radius 3 is 2.71 bits per heavy atom. The number of aromatic nitrogens is 1. The summed E-state index contributed by atoms with van der Waals surface area (Å²) in [5.41, 5.74) is 3.44. The second-order valence-electron chi connectivity index (χ2n) is 3.21. The molecule has 0 spiro atoms. The maximum absolute atomic E-state index is 4.49. The minimum atomic E-state index is 1.03. The molecule has 0 radical (unpaired) electrons. The fourth-order valence-corrected chi connectivity index (χ4v) is 1.69. The number of pyridine rings is 1. The van der Waals surface area contributed by atoms with Crippen LogP contribution in [0.4, 0.5) is 0 Å². The van der Waals surface area contributed by atoms with Crippen LogP contribution >= 0.6 is 12.6 Å². The van der Waals surface area contributed by atoms with Crippen LogP contribution in [0.15, 0.2) is 47.6 Å². The topological polar surface area (TPSA) is 12.9 Å². The standard InChI is InChI=1S/C12H11NS/c1-9-4-2-6-11(12(9)14)10-5-3-7-13-8-10/h2-8,14H,1H3. The number of hydrogen-bond acceptors (Lipinski definition) is 2. The van der Waals surface area contributed by atoms with Crippen molar-refractivity contribution in [3.05, 3.63) is 48.3 Å². The average Bonchev–Trinajstić information content (AvgIpc) is 2.23. The fraction of sp³-hybridized carbons (Fsp3) is 0.0833. The molecule has 2 heteroatoms. The van der Waals surface area contributed by atoms with Crippen LogP contribution in [0.2, 0.25) is 0 Å². The van der Waals surface area contributed by atoms with Gasteiger partial charge in [-0.3, -0.25) is 4.98 Å². The van der Waals surface area contributed by atoms with Gasteiger partial charge in [0.2, 0.25) is 0 Å². The molecule has 0 aliphatic heterocycles. The Bertz CT molecular complexity index is 437. The van der Waals surface area contributed by atoms with Crippen molar-refractivity contribution in [1.29, 1.82) is 0 Å². The van der Waals surface area contributed by atoms with E-state index in [1.165, 1.54) is 5.56 Å². The summed E-state index contributed by atoms with van der Waals surface area (Å²) in [4.78, 5) is 5.13. The number of rotatable bonds is 1. The monoisotopic (exact) mass is 201 g/mol. The van der Waals surface area contributed by atoms with Crippen LogP contribution in [0.25, 0.3) is 11.1 Å². The maximum atomic E-state index is 4.49. The summed E-state index contributed by atoms with van der Waals surface area (Å²) in [5.74, 6) is 0. The summed E-state index contributed by atoms with van der Waals surface area (Å²) in [6.07, 6.45) is 3.63. The summed E-state index contributed by atoms with van der Waals surface area (Å²) in [6, 6.07) is 10.1. The maximum Gasteiger partial charge on any atom is 0.0346 e. The Morgan fingerprint density at radius 2 is 2.00 bits per heavy atom. The van der Waals surface area contributed by atoms with Crippen molar-refractivity contribution in [1.82, 2.24) is 4.98 Å². The summed E-state index contributed by atoms with van der Waals surface area (Å²) < 4.78 is 0. The number of aryl methyl sites for hydroxylation is 1. The van der Waals surface area contributed by atoms with Gasteiger partial charge in [-0.1, -0.05) is 24.3 Å². The lowest BCUT2D eigenvalue weighted by molar-refractivity contribution is 1.28. The van der Waals surface area contributed by atoms with E-state index in [-0.39, 0.29) is 0 Å². The van der Waals surface area contributed by atoms with E-state index in [0.29, 0.717) is 0 Å². The summed E-state index contributed by atoms with van der Waals surface area (Å²) in [7, 11) is 0. The molecule has 1 aromatic heterocycles. The number of nitrogens with zero attached hydrogens (tertiary/aromatic N) is 1. The highest BCUT2D eigenvalue weighted by Gasteiger charge is 2.03. The SMILES string of the molecule is Cc1cccc(-c2cccnc2)c1S. The predicted molar refractivity (Wildman–Crippen MR) is 61.7 cm³/mol. The normalized spacial score (nSPS) is 10.1. The van der Waals surface area contributed by atoms with Crippen molar-refractivity contribution in [3.63, 3.8) is 0 Å². The zero-order valence-electron chi connectivity index (χ0n) is 7.94. The molecule has 0 saturated carbocycles. The van der Waals surface area contributed by atoms with Crippen LogP contribution < -0.4 is 0 Å². The van der Waals surface area contributed by atoms with Crippen molar-refractivity contribution in [2.45, 2.75) is 11.8 Å². The lowest BCUT2D eigenvalue weighted by Gasteiger charge is -2.06. The number of benzene rings is 1. The highest BCUT2D eigenvalue weighted by atomic mass is 32.1. The van der Waals surface area contributed by atoms with Gasteiger partial charge in [0, 0.05) is 22.9 Å². The Kier molecular flexibility index (Phi) is 2.55. The molecule has 0 aliphatic carbocycles. The quantitative estimate of drug-likeness (QED) is 0.698. The van der Waals surface area contributed by atoms with Crippen LogP contribution in [-0.2, 0) is 0 Å². The fourth-order valence-electron chi connectivity index (χ4n) is 1.41. The molecule has 0 N–H and O–H groups in total. The van der Waals surface area contributed by atoms with E-state index in [1.807, 2.05) is 24.4 Å². The van der Waals surface area contributed by atoms with Crippen LogP contribution in [0.3, 0.4) is 0 Å². The average molecular weight is 201 g/mol. The third kappa shape index (κ3) is 1.66. The highest BCUT2D eigenvalue weighted by molar-refractivity contribution is 7.80. The van der Waals surface area contributed by atoms with Gasteiger partial charge in [-0.2, -0.15) is 0 Å². The van der Waals surface area contributed by atoms with Gasteiger partial charge in [0.05, 0.1) is 0 Å². The number of hydrogen-bond donors (Lipinski definition) is 1.